The van der Waals surface area contributed by atoms with Gasteiger partial charge in [0.05, 0.1) is 21.3 Å². The fourth-order valence-electron chi connectivity index (χ4n) is 3.63. The Bertz CT molecular complexity index is 1160. The van der Waals surface area contributed by atoms with Crippen molar-refractivity contribution in [2.75, 3.05) is 6.61 Å². The Hall–Kier alpha value is -2.39. The normalized spacial score (nSPS) is 23.4. The second-order valence-electron chi connectivity index (χ2n) is 7.37. The smallest absolute Gasteiger partial charge is 0.416 e. The van der Waals surface area contributed by atoms with Gasteiger partial charge in [0, 0.05) is 6.61 Å². The molecule has 0 N–H and O–H groups in total. The Morgan fingerprint density at radius 1 is 1.17 bits per heavy atom. The van der Waals surface area contributed by atoms with Crippen LogP contribution >= 0.6 is 0 Å². The molecule has 2 unspecified atom stereocenters. The molecule has 2 aromatic carbocycles. The van der Waals surface area contributed by atoms with Crippen molar-refractivity contribution in [3.05, 3.63) is 60.0 Å². The van der Waals surface area contributed by atoms with Crippen LogP contribution in [-0.4, -0.2) is 24.8 Å². The number of benzene rings is 2. The van der Waals surface area contributed by atoms with Crippen LogP contribution in [0.15, 0.2) is 58.2 Å². The van der Waals surface area contributed by atoms with Crippen LogP contribution < -0.4 is 0 Å². The van der Waals surface area contributed by atoms with E-state index < -0.39 is 32.4 Å². The molecule has 1 aliphatic rings. The maximum Gasteiger partial charge on any atom is 0.416 e. The monoisotopic (exact) mass is 425 g/mol. The molecule has 3 aromatic rings. The van der Waals surface area contributed by atoms with E-state index in [0.29, 0.717) is 17.2 Å². The number of halogens is 3. The van der Waals surface area contributed by atoms with E-state index in [9.17, 15) is 21.6 Å². The van der Waals surface area contributed by atoms with Gasteiger partial charge in [-0.3, -0.25) is 0 Å². The molecule has 0 bridgehead atoms. The van der Waals surface area contributed by atoms with E-state index in [1.54, 1.807) is 25.1 Å². The lowest BCUT2D eigenvalue weighted by atomic mass is 9.92. The fourth-order valence-corrected chi connectivity index (χ4v) is 5.46. The summed E-state index contributed by atoms with van der Waals surface area (Å²) < 4.78 is 75.5. The predicted molar refractivity (Wildman–Crippen MR) is 99.0 cm³/mol. The highest BCUT2D eigenvalue weighted by Crippen LogP contribution is 2.43. The van der Waals surface area contributed by atoms with Gasteiger partial charge in [-0.2, -0.15) is 13.2 Å². The van der Waals surface area contributed by atoms with Crippen molar-refractivity contribution in [3.63, 3.8) is 0 Å². The second-order valence-corrected chi connectivity index (χ2v) is 9.84. The molecule has 29 heavy (non-hydrogen) atoms. The maximum absolute atomic E-state index is 13.3. The first-order valence-corrected chi connectivity index (χ1v) is 10.5. The molecule has 2 atom stereocenters. The lowest BCUT2D eigenvalue weighted by Crippen LogP contribution is -2.42. The average molecular weight is 425 g/mol. The summed E-state index contributed by atoms with van der Waals surface area (Å²) >= 11 is 0. The van der Waals surface area contributed by atoms with Crippen molar-refractivity contribution in [3.8, 4) is 0 Å². The molecule has 0 amide bonds. The Labute approximate surface area is 165 Å². The summed E-state index contributed by atoms with van der Waals surface area (Å²) in [5, 5.41) is 0. The first kappa shape index (κ1) is 19.9. The van der Waals surface area contributed by atoms with E-state index in [-0.39, 0.29) is 24.3 Å². The van der Waals surface area contributed by atoms with E-state index in [1.165, 1.54) is 12.5 Å². The number of fused-ring (bicyclic) bond motifs is 1. The van der Waals surface area contributed by atoms with Crippen LogP contribution in [-0.2, 0) is 20.8 Å². The van der Waals surface area contributed by atoms with Crippen molar-refractivity contribution in [1.82, 2.24) is 4.98 Å². The third-order valence-corrected chi connectivity index (χ3v) is 7.96. The molecule has 0 radical (unpaired) electrons. The molecular formula is C20H18F3NO4S. The summed E-state index contributed by atoms with van der Waals surface area (Å²) in [4.78, 5) is 3.76. The minimum absolute atomic E-state index is 0.120. The standard InChI is InChI=1S/C20H18F3NO4S/c1-19(29(25,26)15-4-2-3-14(10-15)20(21,22)23)7-8-27-18(11-19)13-5-6-17-16(9-13)24-12-28-17/h2-6,9-10,12,18H,7-8,11H2,1H3. The topological polar surface area (TPSA) is 69.4 Å². The van der Waals surface area contributed by atoms with Crippen LogP contribution in [0.1, 0.15) is 37.0 Å². The van der Waals surface area contributed by atoms with Gasteiger partial charge in [-0.1, -0.05) is 12.1 Å². The van der Waals surface area contributed by atoms with Gasteiger partial charge in [0.15, 0.2) is 21.8 Å². The Kier molecular flexibility index (Phi) is 4.70. The van der Waals surface area contributed by atoms with Crippen molar-refractivity contribution in [2.24, 2.45) is 0 Å². The van der Waals surface area contributed by atoms with Crippen LogP contribution in [0.3, 0.4) is 0 Å². The van der Waals surface area contributed by atoms with Gasteiger partial charge in [-0.05, 0) is 55.7 Å². The first-order chi connectivity index (χ1) is 13.6. The number of ether oxygens (including phenoxy) is 1. The van der Waals surface area contributed by atoms with Crippen LogP contribution in [0.25, 0.3) is 11.1 Å². The summed E-state index contributed by atoms with van der Waals surface area (Å²) in [7, 11) is -4.03. The van der Waals surface area contributed by atoms with Gasteiger partial charge in [-0.25, -0.2) is 13.4 Å². The van der Waals surface area contributed by atoms with E-state index in [4.69, 9.17) is 9.15 Å². The summed E-state index contributed by atoms with van der Waals surface area (Å²) in [6.07, 6.45) is -3.50. The fraction of sp³-hybridized carbons (Fsp3) is 0.350. The molecule has 1 saturated heterocycles. The first-order valence-electron chi connectivity index (χ1n) is 8.97. The van der Waals surface area contributed by atoms with Crippen LogP contribution in [0, 0.1) is 0 Å². The van der Waals surface area contributed by atoms with Crippen molar-refractivity contribution in [1.29, 1.82) is 0 Å². The zero-order valence-corrected chi connectivity index (χ0v) is 16.3. The average Bonchev–Trinajstić information content (AvgIpc) is 3.15. The molecule has 1 aliphatic heterocycles. The zero-order chi connectivity index (χ0) is 20.9. The number of hydrogen-bond donors (Lipinski definition) is 0. The van der Waals surface area contributed by atoms with Crippen LogP contribution in [0.5, 0.6) is 0 Å². The molecule has 1 aromatic heterocycles. The number of alkyl halides is 3. The minimum atomic E-state index is -4.61. The minimum Gasteiger partial charge on any atom is -0.443 e. The van der Waals surface area contributed by atoms with Gasteiger partial charge in [0.25, 0.3) is 0 Å². The van der Waals surface area contributed by atoms with E-state index in [2.05, 4.69) is 4.98 Å². The highest BCUT2D eigenvalue weighted by molar-refractivity contribution is 7.92. The number of rotatable bonds is 3. The highest BCUT2D eigenvalue weighted by atomic mass is 32.2. The SMILES string of the molecule is CC1(S(=O)(=O)c2cccc(C(F)(F)F)c2)CCOC(c2ccc3ocnc3c2)C1. The number of nitrogens with zero attached hydrogens (tertiary/aromatic N) is 1. The Morgan fingerprint density at radius 3 is 2.72 bits per heavy atom. The lowest BCUT2D eigenvalue weighted by Gasteiger charge is -2.38. The molecule has 2 heterocycles. The number of oxazole rings is 1. The third-order valence-electron chi connectivity index (χ3n) is 5.41. The molecule has 154 valence electrons. The third kappa shape index (κ3) is 3.53. The molecule has 9 heteroatoms. The van der Waals surface area contributed by atoms with Crippen LogP contribution in [0.2, 0.25) is 0 Å². The largest absolute Gasteiger partial charge is 0.443 e. The van der Waals surface area contributed by atoms with Gasteiger partial charge in [-0.15, -0.1) is 0 Å². The van der Waals surface area contributed by atoms with Crippen molar-refractivity contribution in [2.45, 2.75) is 41.7 Å². The predicted octanol–water partition coefficient (Wildman–Crippen LogP) is 4.93. The number of hydrogen-bond acceptors (Lipinski definition) is 5. The Morgan fingerprint density at radius 2 is 1.97 bits per heavy atom. The van der Waals surface area contributed by atoms with Crippen molar-refractivity contribution >= 4 is 20.9 Å². The van der Waals surface area contributed by atoms with Gasteiger partial charge in [0.1, 0.15) is 5.52 Å². The highest BCUT2D eigenvalue weighted by Gasteiger charge is 2.45. The molecule has 1 fully saturated rings. The van der Waals surface area contributed by atoms with Gasteiger partial charge >= 0.3 is 6.18 Å². The van der Waals surface area contributed by atoms with Crippen LogP contribution in [0.4, 0.5) is 13.2 Å². The molecule has 0 aliphatic carbocycles. The molecule has 4 rings (SSSR count). The molecule has 5 nitrogen and oxygen atoms in total. The van der Waals surface area contributed by atoms with E-state index >= 15 is 0 Å². The van der Waals surface area contributed by atoms with Crippen molar-refractivity contribution < 1.29 is 30.7 Å². The molecule has 0 spiro atoms. The quantitative estimate of drug-likeness (QED) is 0.595. The lowest BCUT2D eigenvalue weighted by molar-refractivity contribution is -0.137. The maximum atomic E-state index is 13.3. The summed E-state index contributed by atoms with van der Waals surface area (Å²) in [5.74, 6) is 0. The Balaban J connectivity index is 1.67. The van der Waals surface area contributed by atoms with Gasteiger partial charge in [0.2, 0.25) is 0 Å². The second kappa shape index (κ2) is 6.84. The number of aromatic nitrogens is 1. The summed E-state index contributed by atoms with van der Waals surface area (Å²) in [5.41, 5.74) is 0.988. The number of sulfone groups is 1. The van der Waals surface area contributed by atoms with Gasteiger partial charge < -0.3 is 9.15 Å². The molecule has 0 saturated carbocycles. The summed E-state index contributed by atoms with van der Waals surface area (Å²) in [6.45, 7) is 1.74. The van der Waals surface area contributed by atoms with E-state index in [1.807, 2.05) is 0 Å². The summed E-state index contributed by atoms with van der Waals surface area (Å²) in [6, 6.07) is 9.17. The zero-order valence-electron chi connectivity index (χ0n) is 15.4. The molecular weight excluding hydrogens is 407 g/mol. The van der Waals surface area contributed by atoms with E-state index in [0.717, 1.165) is 17.7 Å².